The highest BCUT2D eigenvalue weighted by atomic mass is 19.2. The van der Waals surface area contributed by atoms with Crippen molar-refractivity contribution in [3.05, 3.63) is 64.5 Å². The molecule has 24 heavy (non-hydrogen) atoms. The molecule has 0 unspecified atom stereocenters. The van der Waals surface area contributed by atoms with E-state index in [0.717, 1.165) is 28.9 Å². The monoisotopic (exact) mass is 333 g/mol. The van der Waals surface area contributed by atoms with Crippen molar-refractivity contribution in [2.75, 3.05) is 11.4 Å². The minimum absolute atomic E-state index is 0.00429. The molecule has 0 bridgehead atoms. The molecule has 0 saturated heterocycles. The molecule has 0 atom stereocenters. The first-order valence-corrected chi connectivity index (χ1v) is 7.78. The second-order valence-electron chi connectivity index (χ2n) is 7.05. The molecule has 1 aliphatic rings. The van der Waals surface area contributed by atoms with Gasteiger partial charge in [0.05, 0.1) is 0 Å². The summed E-state index contributed by atoms with van der Waals surface area (Å²) in [4.78, 5) is 14.1. The van der Waals surface area contributed by atoms with Crippen LogP contribution in [0.15, 0.2) is 30.3 Å². The second kappa shape index (κ2) is 5.65. The quantitative estimate of drug-likeness (QED) is 0.698. The number of carbonyl (C=O) groups is 1. The van der Waals surface area contributed by atoms with E-state index < -0.39 is 23.4 Å². The van der Waals surface area contributed by atoms with E-state index in [-0.39, 0.29) is 11.0 Å². The van der Waals surface area contributed by atoms with Gasteiger partial charge in [-0.1, -0.05) is 32.9 Å². The molecular formula is C19H18F3NO. The molecule has 2 nitrogen and oxygen atoms in total. The lowest BCUT2D eigenvalue weighted by Crippen LogP contribution is -2.29. The van der Waals surface area contributed by atoms with Gasteiger partial charge >= 0.3 is 0 Å². The van der Waals surface area contributed by atoms with Crippen molar-refractivity contribution in [3.8, 4) is 0 Å². The average molecular weight is 333 g/mol. The number of benzene rings is 2. The second-order valence-corrected chi connectivity index (χ2v) is 7.05. The Labute approximate surface area is 138 Å². The number of nitrogens with zero attached hydrogens (tertiary/aromatic N) is 1. The molecule has 0 spiro atoms. The number of halogens is 3. The number of hydrogen-bond acceptors (Lipinski definition) is 1. The zero-order valence-electron chi connectivity index (χ0n) is 13.8. The Hall–Kier alpha value is -2.30. The summed E-state index contributed by atoms with van der Waals surface area (Å²) in [6, 6.07) is 7.35. The molecule has 2 aromatic rings. The topological polar surface area (TPSA) is 20.3 Å². The van der Waals surface area contributed by atoms with E-state index in [1.165, 1.54) is 4.90 Å². The minimum Gasteiger partial charge on any atom is -0.308 e. The smallest absolute Gasteiger partial charge is 0.258 e. The van der Waals surface area contributed by atoms with E-state index in [0.29, 0.717) is 13.0 Å². The van der Waals surface area contributed by atoms with Gasteiger partial charge < -0.3 is 4.90 Å². The highest BCUT2D eigenvalue weighted by molar-refractivity contribution is 6.07. The van der Waals surface area contributed by atoms with Crippen LogP contribution in [-0.4, -0.2) is 12.5 Å². The van der Waals surface area contributed by atoms with Crippen LogP contribution in [0.25, 0.3) is 0 Å². The number of rotatable bonds is 1. The number of carbonyl (C=O) groups excluding carboxylic acids is 1. The maximum absolute atomic E-state index is 13.4. The van der Waals surface area contributed by atoms with Crippen molar-refractivity contribution < 1.29 is 18.0 Å². The SMILES string of the molecule is CC(C)(C)c1ccc2c(c1)CCN2C(=O)c1cc(F)c(F)c(F)c1. The van der Waals surface area contributed by atoms with Crippen molar-refractivity contribution in [2.24, 2.45) is 0 Å². The molecule has 0 fully saturated rings. The molecule has 0 aliphatic carbocycles. The van der Waals surface area contributed by atoms with Crippen LogP contribution in [0, 0.1) is 17.5 Å². The Morgan fingerprint density at radius 2 is 1.67 bits per heavy atom. The van der Waals surface area contributed by atoms with E-state index >= 15 is 0 Å². The van der Waals surface area contributed by atoms with Gasteiger partial charge in [0.2, 0.25) is 0 Å². The van der Waals surface area contributed by atoms with Gasteiger partial charge in [0.1, 0.15) is 0 Å². The lowest BCUT2D eigenvalue weighted by molar-refractivity contribution is 0.0988. The van der Waals surface area contributed by atoms with Gasteiger partial charge in [-0.25, -0.2) is 13.2 Å². The standard InChI is InChI=1S/C19H18F3NO/c1-19(2,3)13-4-5-16-11(8-13)6-7-23(16)18(24)12-9-14(20)17(22)15(21)10-12/h4-5,8-10H,6-7H2,1-3H3. The van der Waals surface area contributed by atoms with Crippen LogP contribution in [-0.2, 0) is 11.8 Å². The molecule has 5 heteroatoms. The Balaban J connectivity index is 1.95. The summed E-state index contributed by atoms with van der Waals surface area (Å²) in [5.41, 5.74) is 2.72. The number of hydrogen-bond donors (Lipinski definition) is 0. The largest absolute Gasteiger partial charge is 0.308 e. The highest BCUT2D eigenvalue weighted by Crippen LogP contribution is 2.33. The maximum atomic E-state index is 13.4. The summed E-state index contributed by atoms with van der Waals surface area (Å²) in [5.74, 6) is -4.82. The van der Waals surface area contributed by atoms with Crippen LogP contribution < -0.4 is 4.90 Å². The van der Waals surface area contributed by atoms with Crippen molar-refractivity contribution in [3.63, 3.8) is 0 Å². The number of amides is 1. The van der Waals surface area contributed by atoms with Gasteiger partial charge in [0, 0.05) is 17.8 Å². The lowest BCUT2D eigenvalue weighted by Gasteiger charge is -2.22. The van der Waals surface area contributed by atoms with Crippen LogP contribution in [0.2, 0.25) is 0 Å². The van der Waals surface area contributed by atoms with Gasteiger partial charge in [0.15, 0.2) is 17.5 Å². The van der Waals surface area contributed by atoms with Crippen LogP contribution in [0.1, 0.15) is 42.3 Å². The molecule has 1 heterocycles. The summed E-state index contributed by atoms with van der Waals surface area (Å²) in [6.45, 7) is 6.76. The summed E-state index contributed by atoms with van der Waals surface area (Å²) in [5, 5.41) is 0. The predicted octanol–water partition coefficient (Wildman–Crippen LogP) is 4.60. The minimum atomic E-state index is -1.57. The Kier molecular flexibility index (Phi) is 3.90. The molecule has 1 amide bonds. The van der Waals surface area contributed by atoms with E-state index in [1.54, 1.807) is 0 Å². The maximum Gasteiger partial charge on any atom is 0.258 e. The fourth-order valence-corrected chi connectivity index (χ4v) is 2.91. The first-order valence-electron chi connectivity index (χ1n) is 7.78. The van der Waals surface area contributed by atoms with Crippen LogP contribution in [0.4, 0.5) is 18.9 Å². The molecule has 126 valence electrons. The molecule has 0 radical (unpaired) electrons. The van der Waals surface area contributed by atoms with E-state index in [9.17, 15) is 18.0 Å². The Morgan fingerprint density at radius 3 is 2.25 bits per heavy atom. The zero-order chi connectivity index (χ0) is 17.6. The van der Waals surface area contributed by atoms with Gasteiger partial charge in [-0.2, -0.15) is 0 Å². The van der Waals surface area contributed by atoms with E-state index in [1.807, 2.05) is 12.1 Å². The van der Waals surface area contributed by atoms with Crippen LogP contribution in [0.3, 0.4) is 0 Å². The average Bonchev–Trinajstić information content (AvgIpc) is 2.93. The summed E-state index contributed by atoms with van der Waals surface area (Å²) in [6.07, 6.45) is 0.678. The third kappa shape index (κ3) is 2.79. The van der Waals surface area contributed by atoms with Crippen molar-refractivity contribution in [1.29, 1.82) is 0 Å². The van der Waals surface area contributed by atoms with Crippen molar-refractivity contribution in [1.82, 2.24) is 0 Å². The number of anilines is 1. The fraction of sp³-hybridized carbons (Fsp3) is 0.316. The zero-order valence-corrected chi connectivity index (χ0v) is 13.8. The first kappa shape index (κ1) is 16.6. The third-order valence-electron chi connectivity index (χ3n) is 4.32. The molecule has 1 aliphatic heterocycles. The summed E-state index contributed by atoms with van der Waals surface area (Å²) < 4.78 is 39.8. The van der Waals surface area contributed by atoms with Gasteiger partial charge in [0.25, 0.3) is 5.91 Å². The van der Waals surface area contributed by atoms with Gasteiger partial charge in [-0.15, -0.1) is 0 Å². The normalized spacial score (nSPS) is 14.0. The van der Waals surface area contributed by atoms with Crippen molar-refractivity contribution >= 4 is 11.6 Å². The van der Waals surface area contributed by atoms with E-state index in [4.69, 9.17) is 0 Å². The Bertz CT molecular complexity index is 801. The molecule has 3 rings (SSSR count). The Morgan fingerprint density at radius 1 is 1.04 bits per heavy atom. The lowest BCUT2D eigenvalue weighted by atomic mass is 9.86. The fourth-order valence-electron chi connectivity index (χ4n) is 2.91. The molecule has 0 aromatic heterocycles. The summed E-state index contributed by atoms with van der Waals surface area (Å²) >= 11 is 0. The van der Waals surface area contributed by atoms with Gasteiger partial charge in [-0.05, 0) is 41.2 Å². The number of fused-ring (bicyclic) bond motifs is 1. The molecular weight excluding hydrogens is 315 g/mol. The molecule has 2 aromatic carbocycles. The van der Waals surface area contributed by atoms with Crippen LogP contribution >= 0.6 is 0 Å². The third-order valence-corrected chi connectivity index (χ3v) is 4.32. The first-order chi connectivity index (χ1) is 11.2. The van der Waals surface area contributed by atoms with E-state index in [2.05, 4.69) is 26.8 Å². The van der Waals surface area contributed by atoms with Crippen molar-refractivity contribution in [2.45, 2.75) is 32.6 Å². The van der Waals surface area contributed by atoms with Gasteiger partial charge in [-0.3, -0.25) is 4.79 Å². The molecule has 0 saturated carbocycles. The highest BCUT2D eigenvalue weighted by Gasteiger charge is 2.28. The molecule has 0 N–H and O–H groups in total. The predicted molar refractivity (Wildman–Crippen MR) is 86.8 cm³/mol. The van der Waals surface area contributed by atoms with Crippen LogP contribution in [0.5, 0.6) is 0 Å². The summed E-state index contributed by atoms with van der Waals surface area (Å²) in [7, 11) is 0.